The smallest absolute Gasteiger partial charge is 0.254 e. The molecule has 5 nitrogen and oxygen atoms in total. The lowest BCUT2D eigenvalue weighted by Gasteiger charge is -2.38. The fourth-order valence-corrected chi connectivity index (χ4v) is 3.30. The first-order valence-corrected chi connectivity index (χ1v) is 8.63. The van der Waals surface area contributed by atoms with E-state index < -0.39 is 5.82 Å². The number of aryl methyl sites for hydroxylation is 1. The van der Waals surface area contributed by atoms with E-state index in [1.54, 1.807) is 12.1 Å². The van der Waals surface area contributed by atoms with Crippen molar-refractivity contribution in [3.05, 3.63) is 59.7 Å². The number of hydrogen-bond acceptors (Lipinski definition) is 3. The molecular formula is C19H25FN4O. The standard InChI is InChI=1S/C19H25FN4O/c1-22-10-12-24(13-11-22)18(17-8-5-9-23(17)2)14-21-19(25)15-6-3-4-7-16(15)20/h3-9,18H,10-14H2,1-2H3,(H,21,25). The van der Waals surface area contributed by atoms with E-state index in [-0.39, 0.29) is 17.5 Å². The topological polar surface area (TPSA) is 40.5 Å². The predicted octanol–water partition coefficient (Wildman–Crippen LogP) is 1.88. The summed E-state index contributed by atoms with van der Waals surface area (Å²) >= 11 is 0. The minimum Gasteiger partial charge on any atom is -0.353 e. The van der Waals surface area contributed by atoms with Gasteiger partial charge in [0.1, 0.15) is 5.82 Å². The van der Waals surface area contributed by atoms with Gasteiger partial charge in [0.2, 0.25) is 0 Å². The SMILES string of the molecule is CN1CCN(C(CNC(=O)c2ccccc2F)c2cccn2C)CC1. The zero-order chi connectivity index (χ0) is 17.8. The number of likely N-dealkylation sites (N-methyl/N-ethyl adjacent to an activating group) is 1. The Balaban J connectivity index is 1.73. The van der Waals surface area contributed by atoms with E-state index >= 15 is 0 Å². The first-order chi connectivity index (χ1) is 12.1. The van der Waals surface area contributed by atoms with Gasteiger partial charge in [-0.3, -0.25) is 9.69 Å². The molecular weight excluding hydrogens is 319 g/mol. The summed E-state index contributed by atoms with van der Waals surface area (Å²) in [6.07, 6.45) is 2.01. The fraction of sp³-hybridized carbons (Fsp3) is 0.421. The average Bonchev–Trinajstić information content (AvgIpc) is 3.03. The van der Waals surface area contributed by atoms with Crippen LogP contribution in [0.2, 0.25) is 0 Å². The Hall–Kier alpha value is -2.18. The van der Waals surface area contributed by atoms with E-state index in [1.807, 2.05) is 19.3 Å². The summed E-state index contributed by atoms with van der Waals surface area (Å²) in [4.78, 5) is 17.1. The Labute approximate surface area is 148 Å². The van der Waals surface area contributed by atoms with Crippen LogP contribution in [-0.4, -0.2) is 60.0 Å². The van der Waals surface area contributed by atoms with Crippen LogP contribution < -0.4 is 5.32 Å². The highest BCUT2D eigenvalue weighted by molar-refractivity contribution is 5.94. The van der Waals surface area contributed by atoms with Crippen LogP contribution in [0, 0.1) is 5.82 Å². The van der Waals surface area contributed by atoms with Gasteiger partial charge in [0.25, 0.3) is 5.91 Å². The molecule has 1 aromatic heterocycles. The molecule has 1 saturated heterocycles. The van der Waals surface area contributed by atoms with Crippen molar-refractivity contribution in [2.45, 2.75) is 6.04 Å². The van der Waals surface area contributed by atoms with Crippen molar-refractivity contribution in [1.29, 1.82) is 0 Å². The molecule has 1 atom stereocenters. The van der Waals surface area contributed by atoms with Gasteiger partial charge in [0, 0.05) is 51.7 Å². The summed E-state index contributed by atoms with van der Waals surface area (Å²) in [6, 6.07) is 10.2. The number of nitrogens with zero attached hydrogens (tertiary/aromatic N) is 3. The molecule has 1 aromatic carbocycles. The monoisotopic (exact) mass is 344 g/mol. The minimum absolute atomic E-state index is 0.0735. The molecule has 1 unspecified atom stereocenters. The van der Waals surface area contributed by atoms with E-state index in [0.717, 1.165) is 31.9 Å². The lowest BCUT2D eigenvalue weighted by molar-refractivity contribution is 0.0874. The molecule has 0 bridgehead atoms. The Morgan fingerprint density at radius 1 is 1.12 bits per heavy atom. The van der Waals surface area contributed by atoms with Crippen molar-refractivity contribution in [3.8, 4) is 0 Å². The molecule has 6 heteroatoms. The highest BCUT2D eigenvalue weighted by atomic mass is 19.1. The number of carbonyl (C=O) groups excluding carboxylic acids is 1. The molecule has 3 rings (SSSR count). The molecule has 25 heavy (non-hydrogen) atoms. The number of amides is 1. The lowest BCUT2D eigenvalue weighted by atomic mass is 10.1. The summed E-state index contributed by atoms with van der Waals surface area (Å²) < 4.78 is 15.9. The highest BCUT2D eigenvalue weighted by Gasteiger charge is 2.26. The number of carbonyl (C=O) groups is 1. The molecule has 0 spiro atoms. The maximum Gasteiger partial charge on any atom is 0.254 e. The molecule has 0 aliphatic carbocycles. The van der Waals surface area contributed by atoms with Gasteiger partial charge >= 0.3 is 0 Å². The molecule has 134 valence electrons. The van der Waals surface area contributed by atoms with Gasteiger partial charge in [0.05, 0.1) is 11.6 Å². The van der Waals surface area contributed by atoms with E-state index in [1.165, 1.54) is 12.1 Å². The summed E-state index contributed by atoms with van der Waals surface area (Å²) in [5, 5.41) is 2.92. The quantitative estimate of drug-likeness (QED) is 0.900. The van der Waals surface area contributed by atoms with Crippen LogP contribution in [0.4, 0.5) is 4.39 Å². The van der Waals surface area contributed by atoms with Gasteiger partial charge in [-0.05, 0) is 31.3 Å². The van der Waals surface area contributed by atoms with E-state index in [9.17, 15) is 9.18 Å². The third kappa shape index (κ3) is 4.08. The van der Waals surface area contributed by atoms with Crippen LogP contribution in [0.25, 0.3) is 0 Å². The largest absolute Gasteiger partial charge is 0.353 e. The van der Waals surface area contributed by atoms with Crippen molar-refractivity contribution < 1.29 is 9.18 Å². The third-order valence-electron chi connectivity index (χ3n) is 4.88. The van der Waals surface area contributed by atoms with Gasteiger partial charge in [-0.15, -0.1) is 0 Å². The Bertz CT molecular complexity index is 722. The van der Waals surface area contributed by atoms with E-state index in [0.29, 0.717) is 6.54 Å². The van der Waals surface area contributed by atoms with Crippen molar-refractivity contribution in [2.75, 3.05) is 39.8 Å². The number of aromatic nitrogens is 1. The normalized spacial score (nSPS) is 17.4. The summed E-state index contributed by atoms with van der Waals surface area (Å²) in [5.74, 6) is -0.860. The number of halogens is 1. The lowest BCUT2D eigenvalue weighted by Crippen LogP contribution is -2.49. The molecule has 2 heterocycles. The Morgan fingerprint density at radius 2 is 1.84 bits per heavy atom. The molecule has 0 saturated carbocycles. The molecule has 1 aliphatic rings. The average molecular weight is 344 g/mol. The fourth-order valence-electron chi connectivity index (χ4n) is 3.30. The van der Waals surface area contributed by atoms with Crippen molar-refractivity contribution in [1.82, 2.24) is 19.7 Å². The van der Waals surface area contributed by atoms with Crippen molar-refractivity contribution >= 4 is 5.91 Å². The second kappa shape index (κ2) is 7.80. The van der Waals surface area contributed by atoms with Crippen LogP contribution in [0.1, 0.15) is 22.1 Å². The van der Waals surface area contributed by atoms with Crippen molar-refractivity contribution in [2.24, 2.45) is 7.05 Å². The first-order valence-electron chi connectivity index (χ1n) is 8.63. The molecule has 1 aliphatic heterocycles. The number of benzene rings is 1. The van der Waals surface area contributed by atoms with Gasteiger partial charge in [-0.25, -0.2) is 4.39 Å². The van der Waals surface area contributed by atoms with Crippen LogP contribution in [0.5, 0.6) is 0 Å². The Kier molecular flexibility index (Phi) is 5.50. The third-order valence-corrected chi connectivity index (χ3v) is 4.88. The molecule has 0 radical (unpaired) electrons. The zero-order valence-electron chi connectivity index (χ0n) is 14.8. The molecule has 1 N–H and O–H groups in total. The zero-order valence-corrected chi connectivity index (χ0v) is 14.8. The summed E-state index contributed by atoms with van der Waals surface area (Å²) in [7, 11) is 4.13. The molecule has 1 amide bonds. The number of rotatable bonds is 5. The van der Waals surface area contributed by atoms with Gasteiger partial charge in [-0.1, -0.05) is 12.1 Å². The molecule has 1 fully saturated rings. The minimum atomic E-state index is -0.491. The highest BCUT2D eigenvalue weighted by Crippen LogP contribution is 2.22. The van der Waals surface area contributed by atoms with Gasteiger partial charge in [0.15, 0.2) is 0 Å². The van der Waals surface area contributed by atoms with Crippen LogP contribution in [-0.2, 0) is 7.05 Å². The number of nitrogens with one attached hydrogen (secondary N) is 1. The van der Waals surface area contributed by atoms with E-state index in [4.69, 9.17) is 0 Å². The van der Waals surface area contributed by atoms with Crippen LogP contribution in [0.3, 0.4) is 0 Å². The summed E-state index contributed by atoms with van der Waals surface area (Å²) in [6.45, 7) is 4.35. The van der Waals surface area contributed by atoms with Gasteiger partial charge in [-0.2, -0.15) is 0 Å². The van der Waals surface area contributed by atoms with E-state index in [2.05, 4.69) is 32.8 Å². The van der Waals surface area contributed by atoms with Crippen molar-refractivity contribution in [3.63, 3.8) is 0 Å². The maximum absolute atomic E-state index is 13.8. The second-order valence-electron chi connectivity index (χ2n) is 6.59. The second-order valence-corrected chi connectivity index (χ2v) is 6.59. The first kappa shape index (κ1) is 17.6. The number of hydrogen-bond donors (Lipinski definition) is 1. The number of piperazine rings is 1. The van der Waals surface area contributed by atoms with Crippen LogP contribution >= 0.6 is 0 Å². The summed E-state index contributed by atoms with van der Waals surface area (Å²) in [5.41, 5.74) is 1.24. The van der Waals surface area contributed by atoms with Gasteiger partial charge < -0.3 is 14.8 Å². The predicted molar refractivity (Wildman–Crippen MR) is 96.0 cm³/mol. The Morgan fingerprint density at radius 3 is 2.48 bits per heavy atom. The maximum atomic E-state index is 13.8. The molecule has 2 aromatic rings. The van der Waals surface area contributed by atoms with Crippen LogP contribution in [0.15, 0.2) is 42.6 Å².